The second-order valence-electron chi connectivity index (χ2n) is 5.18. The fraction of sp³-hybridized carbons (Fsp3) is 0.846. The molecule has 1 N–H and O–H groups in total. The average molecular weight is 254 g/mol. The van der Waals surface area contributed by atoms with Crippen LogP contribution in [0.25, 0.3) is 0 Å². The van der Waals surface area contributed by atoms with Crippen molar-refractivity contribution < 1.29 is 14.3 Å². The molecule has 0 radical (unpaired) electrons. The summed E-state index contributed by atoms with van der Waals surface area (Å²) in [7, 11) is 0. The average Bonchev–Trinajstić information content (AvgIpc) is 2.38. The van der Waals surface area contributed by atoms with Crippen LogP contribution in [0.2, 0.25) is 0 Å². The monoisotopic (exact) mass is 254 g/mol. The van der Waals surface area contributed by atoms with E-state index < -0.39 is 0 Å². The molecular formula is C13H22N2O3. The second-order valence-corrected chi connectivity index (χ2v) is 5.18. The normalized spacial score (nSPS) is 28.1. The van der Waals surface area contributed by atoms with Gasteiger partial charge in [-0.25, -0.2) is 4.79 Å². The van der Waals surface area contributed by atoms with Crippen LogP contribution in [0.15, 0.2) is 0 Å². The lowest BCUT2D eigenvalue weighted by atomic mass is 9.85. The van der Waals surface area contributed by atoms with Gasteiger partial charge in [0.2, 0.25) is 5.91 Å². The third-order valence-corrected chi connectivity index (χ3v) is 4.28. The maximum atomic E-state index is 11.8. The van der Waals surface area contributed by atoms with Crippen molar-refractivity contribution >= 4 is 11.9 Å². The molecule has 5 nitrogen and oxygen atoms in total. The number of carbonyl (C=O) groups excluding carboxylic acids is 2. The molecule has 0 aromatic heterocycles. The number of imide groups is 1. The van der Waals surface area contributed by atoms with Gasteiger partial charge in [0.1, 0.15) is 0 Å². The zero-order chi connectivity index (χ0) is 13.2. The molecule has 5 heteroatoms. The van der Waals surface area contributed by atoms with Crippen LogP contribution in [0.4, 0.5) is 4.79 Å². The van der Waals surface area contributed by atoms with E-state index in [0.29, 0.717) is 19.6 Å². The molecule has 1 atom stereocenters. The molecule has 0 aromatic carbocycles. The van der Waals surface area contributed by atoms with E-state index in [0.717, 1.165) is 25.7 Å². The topological polar surface area (TPSA) is 58.6 Å². The Bertz CT molecular complexity index is 339. The SMILES string of the molecule is CCC1(CC)CC(N2CCC(=O)NC2=O)CCO1. The number of urea groups is 1. The maximum absolute atomic E-state index is 11.8. The smallest absolute Gasteiger partial charge is 0.324 e. The Morgan fingerprint density at radius 3 is 2.72 bits per heavy atom. The summed E-state index contributed by atoms with van der Waals surface area (Å²) in [6.45, 7) is 5.50. The molecule has 102 valence electrons. The molecule has 2 fully saturated rings. The predicted octanol–water partition coefficient (Wildman–Crippen LogP) is 1.67. The first-order chi connectivity index (χ1) is 8.60. The Balaban J connectivity index is 2.04. The van der Waals surface area contributed by atoms with Gasteiger partial charge in [-0.05, 0) is 25.7 Å². The van der Waals surface area contributed by atoms with Crippen molar-refractivity contribution in [3.8, 4) is 0 Å². The van der Waals surface area contributed by atoms with Crippen molar-refractivity contribution in [1.29, 1.82) is 0 Å². The zero-order valence-corrected chi connectivity index (χ0v) is 11.2. The molecule has 2 aliphatic heterocycles. The molecule has 2 rings (SSSR count). The zero-order valence-electron chi connectivity index (χ0n) is 11.2. The van der Waals surface area contributed by atoms with Gasteiger partial charge in [0.05, 0.1) is 5.60 Å². The fourth-order valence-corrected chi connectivity index (χ4v) is 2.94. The number of ether oxygens (including phenoxy) is 1. The molecule has 0 spiro atoms. The molecular weight excluding hydrogens is 232 g/mol. The van der Waals surface area contributed by atoms with E-state index >= 15 is 0 Å². The molecule has 3 amide bonds. The molecule has 1 unspecified atom stereocenters. The second kappa shape index (κ2) is 5.26. The van der Waals surface area contributed by atoms with E-state index in [1.807, 2.05) is 4.90 Å². The van der Waals surface area contributed by atoms with Crippen LogP contribution in [0.5, 0.6) is 0 Å². The van der Waals surface area contributed by atoms with Gasteiger partial charge >= 0.3 is 6.03 Å². The summed E-state index contributed by atoms with van der Waals surface area (Å²) in [6, 6.07) is -0.0361. The molecule has 0 aromatic rings. The molecule has 0 aliphatic carbocycles. The van der Waals surface area contributed by atoms with Gasteiger partial charge < -0.3 is 9.64 Å². The minimum absolute atomic E-state index is 0.0926. The number of nitrogens with zero attached hydrogens (tertiary/aromatic N) is 1. The van der Waals surface area contributed by atoms with Crippen molar-refractivity contribution in [3.63, 3.8) is 0 Å². The number of hydrogen-bond acceptors (Lipinski definition) is 3. The van der Waals surface area contributed by atoms with E-state index in [1.165, 1.54) is 0 Å². The third kappa shape index (κ3) is 2.51. The lowest BCUT2D eigenvalue weighted by molar-refractivity contribution is -0.124. The quantitative estimate of drug-likeness (QED) is 0.833. The summed E-state index contributed by atoms with van der Waals surface area (Å²) in [5.41, 5.74) is -0.0926. The minimum atomic E-state index is -0.237. The van der Waals surface area contributed by atoms with Crippen molar-refractivity contribution in [1.82, 2.24) is 10.2 Å². The highest BCUT2D eigenvalue weighted by Gasteiger charge is 2.39. The highest BCUT2D eigenvalue weighted by atomic mass is 16.5. The fourth-order valence-electron chi connectivity index (χ4n) is 2.94. The Hall–Kier alpha value is -1.10. The van der Waals surface area contributed by atoms with Gasteiger partial charge in [-0.1, -0.05) is 13.8 Å². The van der Waals surface area contributed by atoms with Gasteiger partial charge in [-0.3, -0.25) is 10.1 Å². The van der Waals surface area contributed by atoms with Gasteiger partial charge in [-0.2, -0.15) is 0 Å². The van der Waals surface area contributed by atoms with Crippen molar-refractivity contribution in [2.24, 2.45) is 0 Å². The number of hydrogen-bond donors (Lipinski definition) is 1. The van der Waals surface area contributed by atoms with Crippen LogP contribution < -0.4 is 5.32 Å². The van der Waals surface area contributed by atoms with Gasteiger partial charge in [0.15, 0.2) is 0 Å². The highest BCUT2D eigenvalue weighted by Crippen LogP contribution is 2.34. The number of carbonyl (C=O) groups is 2. The molecule has 2 saturated heterocycles. The first kappa shape index (κ1) is 13.3. The lowest BCUT2D eigenvalue weighted by Crippen LogP contribution is -2.57. The largest absolute Gasteiger partial charge is 0.375 e. The lowest BCUT2D eigenvalue weighted by Gasteiger charge is -2.44. The predicted molar refractivity (Wildman–Crippen MR) is 67.1 cm³/mol. The minimum Gasteiger partial charge on any atom is -0.375 e. The molecule has 2 aliphatic rings. The van der Waals surface area contributed by atoms with E-state index in [2.05, 4.69) is 19.2 Å². The Morgan fingerprint density at radius 2 is 2.11 bits per heavy atom. The van der Waals surface area contributed by atoms with Crippen LogP contribution in [0.1, 0.15) is 46.0 Å². The first-order valence-electron chi connectivity index (χ1n) is 6.84. The number of nitrogens with one attached hydrogen (secondary N) is 1. The Labute approximate surface area is 108 Å². The molecule has 0 bridgehead atoms. The van der Waals surface area contributed by atoms with E-state index in [1.54, 1.807) is 0 Å². The Kier molecular flexibility index (Phi) is 3.90. The highest BCUT2D eigenvalue weighted by molar-refractivity contribution is 5.96. The third-order valence-electron chi connectivity index (χ3n) is 4.28. The number of amides is 3. The summed E-state index contributed by atoms with van der Waals surface area (Å²) in [4.78, 5) is 24.8. The maximum Gasteiger partial charge on any atom is 0.324 e. The summed E-state index contributed by atoms with van der Waals surface area (Å²) in [6.07, 6.45) is 4.09. The molecule has 2 heterocycles. The summed E-state index contributed by atoms with van der Waals surface area (Å²) in [5.74, 6) is -0.166. The van der Waals surface area contributed by atoms with E-state index in [9.17, 15) is 9.59 Å². The van der Waals surface area contributed by atoms with Gasteiger partial charge in [0, 0.05) is 25.6 Å². The van der Waals surface area contributed by atoms with Crippen molar-refractivity contribution in [3.05, 3.63) is 0 Å². The van der Waals surface area contributed by atoms with Crippen LogP contribution in [-0.2, 0) is 9.53 Å². The first-order valence-corrected chi connectivity index (χ1v) is 6.84. The van der Waals surface area contributed by atoms with Crippen LogP contribution >= 0.6 is 0 Å². The standard InChI is InChI=1S/C13H22N2O3/c1-3-13(4-2)9-10(6-8-18-13)15-7-5-11(16)14-12(15)17/h10H,3-9H2,1-2H3,(H,14,16,17). The molecule has 18 heavy (non-hydrogen) atoms. The van der Waals surface area contributed by atoms with E-state index in [4.69, 9.17) is 4.74 Å². The van der Waals surface area contributed by atoms with Crippen LogP contribution in [0, 0.1) is 0 Å². The van der Waals surface area contributed by atoms with Gasteiger partial charge in [-0.15, -0.1) is 0 Å². The van der Waals surface area contributed by atoms with Crippen molar-refractivity contribution in [2.75, 3.05) is 13.2 Å². The summed E-state index contributed by atoms with van der Waals surface area (Å²) in [5, 5.41) is 2.40. The van der Waals surface area contributed by atoms with E-state index in [-0.39, 0.29) is 23.6 Å². The van der Waals surface area contributed by atoms with Crippen LogP contribution in [-0.4, -0.2) is 41.6 Å². The summed E-state index contributed by atoms with van der Waals surface area (Å²) >= 11 is 0. The van der Waals surface area contributed by atoms with Crippen molar-refractivity contribution in [2.45, 2.75) is 57.6 Å². The van der Waals surface area contributed by atoms with Crippen LogP contribution in [0.3, 0.4) is 0 Å². The summed E-state index contributed by atoms with van der Waals surface area (Å²) < 4.78 is 5.92. The number of rotatable bonds is 3. The van der Waals surface area contributed by atoms with Gasteiger partial charge in [0.25, 0.3) is 0 Å². The Morgan fingerprint density at radius 1 is 1.39 bits per heavy atom. The molecule has 0 saturated carbocycles.